The third-order valence-electron chi connectivity index (χ3n) is 4.14. The minimum Gasteiger partial charge on any atom is -0.394 e. The molecule has 1 atom stereocenters. The van der Waals surface area contributed by atoms with Crippen LogP contribution in [0.25, 0.3) is 11.4 Å². The average molecular weight is 354 g/mol. The van der Waals surface area contributed by atoms with E-state index in [0.717, 1.165) is 5.56 Å². The van der Waals surface area contributed by atoms with E-state index in [2.05, 4.69) is 20.5 Å². The Morgan fingerprint density at radius 1 is 1.23 bits per heavy atom. The first-order chi connectivity index (χ1) is 12.5. The molecule has 0 aliphatic carbocycles. The molecule has 7 heteroatoms. The standard InChI is InChI=1S/C19H19FN4O2/c1-19(11-25,10-15-4-2-3-5-16(15)20)23-18(26)14-8-6-13(7-9-14)17-21-12-22-24-17/h2-9,12,25H,10-11H2,1H3,(H,23,26)(H,21,22,24). The van der Waals surface area contributed by atoms with Gasteiger partial charge in [0.1, 0.15) is 12.1 Å². The first kappa shape index (κ1) is 17.8. The molecule has 0 radical (unpaired) electrons. The first-order valence-corrected chi connectivity index (χ1v) is 8.13. The van der Waals surface area contributed by atoms with Crippen molar-refractivity contribution in [2.75, 3.05) is 6.61 Å². The summed E-state index contributed by atoms with van der Waals surface area (Å²) in [7, 11) is 0. The predicted octanol–water partition coefficient (Wildman–Crippen LogP) is 2.33. The van der Waals surface area contributed by atoms with Gasteiger partial charge >= 0.3 is 0 Å². The van der Waals surface area contributed by atoms with Crippen LogP contribution in [0.15, 0.2) is 54.9 Å². The van der Waals surface area contributed by atoms with E-state index in [1.165, 1.54) is 12.4 Å². The van der Waals surface area contributed by atoms with Crippen LogP contribution in [0.1, 0.15) is 22.8 Å². The molecule has 3 aromatic rings. The van der Waals surface area contributed by atoms with E-state index < -0.39 is 5.54 Å². The molecule has 2 aromatic carbocycles. The monoisotopic (exact) mass is 354 g/mol. The van der Waals surface area contributed by atoms with Gasteiger partial charge in [0.25, 0.3) is 5.91 Å². The van der Waals surface area contributed by atoms with Crippen LogP contribution in [0.5, 0.6) is 0 Å². The number of benzene rings is 2. The van der Waals surface area contributed by atoms with Crippen molar-refractivity contribution < 1.29 is 14.3 Å². The minimum absolute atomic E-state index is 0.179. The number of H-pyrrole nitrogens is 1. The summed E-state index contributed by atoms with van der Waals surface area (Å²) in [6.45, 7) is 1.36. The largest absolute Gasteiger partial charge is 0.394 e. The Kier molecular flexibility index (Phi) is 5.09. The summed E-state index contributed by atoms with van der Waals surface area (Å²) in [6, 6.07) is 13.1. The van der Waals surface area contributed by atoms with Gasteiger partial charge in [0.2, 0.25) is 0 Å². The summed E-state index contributed by atoms with van der Waals surface area (Å²) in [5, 5.41) is 19.1. The van der Waals surface area contributed by atoms with E-state index in [0.29, 0.717) is 17.0 Å². The highest BCUT2D eigenvalue weighted by atomic mass is 19.1. The number of aromatic amines is 1. The second kappa shape index (κ2) is 7.45. The summed E-state index contributed by atoms with van der Waals surface area (Å²) in [5.74, 6) is -0.100. The second-order valence-corrected chi connectivity index (χ2v) is 6.35. The second-order valence-electron chi connectivity index (χ2n) is 6.35. The number of carbonyl (C=O) groups is 1. The van der Waals surface area contributed by atoms with Crippen LogP contribution in [0.4, 0.5) is 4.39 Å². The molecule has 0 aliphatic heterocycles. The van der Waals surface area contributed by atoms with Gasteiger partial charge in [-0.15, -0.1) is 0 Å². The highest BCUT2D eigenvalue weighted by molar-refractivity contribution is 5.95. The summed E-state index contributed by atoms with van der Waals surface area (Å²) in [5.41, 5.74) is 0.685. The minimum atomic E-state index is -0.983. The summed E-state index contributed by atoms with van der Waals surface area (Å²) >= 11 is 0. The van der Waals surface area contributed by atoms with Crippen LogP contribution in [-0.2, 0) is 6.42 Å². The smallest absolute Gasteiger partial charge is 0.251 e. The molecule has 0 fully saturated rings. The van der Waals surface area contributed by atoms with Gasteiger partial charge in [0.15, 0.2) is 5.82 Å². The lowest BCUT2D eigenvalue weighted by Crippen LogP contribution is -2.50. The van der Waals surface area contributed by atoms with Crippen molar-refractivity contribution in [3.05, 3.63) is 71.8 Å². The molecule has 3 N–H and O–H groups in total. The summed E-state index contributed by atoms with van der Waals surface area (Å²) < 4.78 is 13.9. The number of aromatic nitrogens is 3. The zero-order chi connectivity index (χ0) is 18.6. The maximum absolute atomic E-state index is 13.9. The third-order valence-corrected chi connectivity index (χ3v) is 4.14. The fraction of sp³-hybridized carbons (Fsp3) is 0.211. The SMILES string of the molecule is CC(CO)(Cc1ccccc1F)NC(=O)c1ccc(-c2ncn[nH]2)cc1. The molecule has 6 nitrogen and oxygen atoms in total. The first-order valence-electron chi connectivity index (χ1n) is 8.13. The quantitative estimate of drug-likeness (QED) is 0.634. The molecule has 1 amide bonds. The Morgan fingerprint density at radius 2 is 1.96 bits per heavy atom. The van der Waals surface area contributed by atoms with Gasteiger partial charge in [-0.3, -0.25) is 9.89 Å². The van der Waals surface area contributed by atoms with E-state index in [-0.39, 0.29) is 24.8 Å². The van der Waals surface area contributed by atoms with E-state index in [9.17, 15) is 14.3 Å². The van der Waals surface area contributed by atoms with Gasteiger partial charge in [-0.05, 0) is 30.7 Å². The summed E-state index contributed by atoms with van der Waals surface area (Å²) in [4.78, 5) is 16.6. The lowest BCUT2D eigenvalue weighted by molar-refractivity contribution is 0.0851. The molecular weight excluding hydrogens is 335 g/mol. The molecule has 0 bridgehead atoms. The third kappa shape index (κ3) is 3.94. The average Bonchev–Trinajstić information content (AvgIpc) is 3.18. The lowest BCUT2D eigenvalue weighted by Gasteiger charge is -2.29. The van der Waals surface area contributed by atoms with Gasteiger partial charge in [-0.2, -0.15) is 5.10 Å². The van der Waals surface area contributed by atoms with Gasteiger partial charge in [0, 0.05) is 17.5 Å². The number of amides is 1. The number of halogens is 1. The Balaban J connectivity index is 1.73. The Bertz CT molecular complexity index is 881. The topological polar surface area (TPSA) is 90.9 Å². The van der Waals surface area contributed by atoms with Crippen LogP contribution in [0, 0.1) is 5.82 Å². The molecule has 1 heterocycles. The van der Waals surface area contributed by atoms with E-state index in [4.69, 9.17) is 0 Å². The van der Waals surface area contributed by atoms with Crippen molar-refractivity contribution >= 4 is 5.91 Å². The van der Waals surface area contributed by atoms with Gasteiger partial charge in [-0.1, -0.05) is 30.3 Å². The van der Waals surface area contributed by atoms with Crippen molar-refractivity contribution in [2.45, 2.75) is 18.9 Å². The highest BCUT2D eigenvalue weighted by Crippen LogP contribution is 2.18. The zero-order valence-corrected chi connectivity index (χ0v) is 14.2. The molecule has 0 spiro atoms. The molecule has 3 rings (SSSR count). The van der Waals surface area contributed by atoms with Crippen LogP contribution in [-0.4, -0.2) is 38.3 Å². The number of aliphatic hydroxyl groups is 1. The van der Waals surface area contributed by atoms with Crippen molar-refractivity contribution in [2.24, 2.45) is 0 Å². The number of carbonyl (C=O) groups excluding carboxylic acids is 1. The van der Waals surface area contributed by atoms with Gasteiger partial charge in [-0.25, -0.2) is 9.37 Å². The molecular formula is C19H19FN4O2. The lowest BCUT2D eigenvalue weighted by atomic mass is 9.92. The molecule has 0 saturated heterocycles. The normalized spacial score (nSPS) is 13.2. The zero-order valence-electron chi connectivity index (χ0n) is 14.2. The molecule has 0 saturated carbocycles. The predicted molar refractivity (Wildman–Crippen MR) is 94.9 cm³/mol. The Morgan fingerprint density at radius 3 is 2.58 bits per heavy atom. The molecule has 134 valence electrons. The van der Waals surface area contributed by atoms with Crippen LogP contribution in [0.2, 0.25) is 0 Å². The van der Waals surface area contributed by atoms with E-state index >= 15 is 0 Å². The molecule has 0 aliphatic rings. The molecule has 1 aromatic heterocycles. The number of aliphatic hydroxyl groups excluding tert-OH is 1. The number of hydrogen-bond acceptors (Lipinski definition) is 4. The van der Waals surface area contributed by atoms with Crippen molar-refractivity contribution in [1.29, 1.82) is 0 Å². The Hall–Kier alpha value is -3.06. The van der Waals surface area contributed by atoms with Crippen LogP contribution < -0.4 is 5.32 Å². The fourth-order valence-corrected chi connectivity index (χ4v) is 2.67. The van der Waals surface area contributed by atoms with Gasteiger partial charge < -0.3 is 10.4 Å². The number of hydrogen-bond donors (Lipinski definition) is 3. The maximum Gasteiger partial charge on any atom is 0.251 e. The number of rotatable bonds is 6. The number of nitrogens with zero attached hydrogens (tertiary/aromatic N) is 2. The maximum atomic E-state index is 13.9. The van der Waals surface area contributed by atoms with Crippen LogP contribution >= 0.6 is 0 Å². The van der Waals surface area contributed by atoms with Gasteiger partial charge in [0.05, 0.1) is 12.1 Å². The van der Waals surface area contributed by atoms with Crippen LogP contribution in [0.3, 0.4) is 0 Å². The fourth-order valence-electron chi connectivity index (χ4n) is 2.67. The van der Waals surface area contributed by atoms with E-state index in [1.807, 2.05) is 0 Å². The number of nitrogens with one attached hydrogen (secondary N) is 2. The summed E-state index contributed by atoms with van der Waals surface area (Å²) in [6.07, 6.45) is 1.59. The van der Waals surface area contributed by atoms with Crippen molar-refractivity contribution in [3.63, 3.8) is 0 Å². The van der Waals surface area contributed by atoms with Crippen molar-refractivity contribution in [3.8, 4) is 11.4 Å². The van der Waals surface area contributed by atoms with Crippen molar-refractivity contribution in [1.82, 2.24) is 20.5 Å². The Labute approximate surface area is 150 Å². The van der Waals surface area contributed by atoms with E-state index in [1.54, 1.807) is 49.4 Å². The molecule has 26 heavy (non-hydrogen) atoms. The molecule has 1 unspecified atom stereocenters. The highest BCUT2D eigenvalue weighted by Gasteiger charge is 2.27.